The van der Waals surface area contributed by atoms with E-state index >= 15 is 0 Å². The molecule has 98 valence electrons. The summed E-state index contributed by atoms with van der Waals surface area (Å²) in [7, 11) is 1.54. The maximum absolute atomic E-state index is 11.8. The molecule has 0 aliphatic rings. The van der Waals surface area contributed by atoms with Crippen LogP contribution in [0.2, 0.25) is 0 Å². The minimum Gasteiger partial charge on any atom is -0.496 e. The molecule has 0 fully saturated rings. The lowest BCUT2D eigenvalue weighted by atomic mass is 10.1. The number of amides is 1. The molecule has 5 heteroatoms. The van der Waals surface area contributed by atoms with Crippen LogP contribution >= 0.6 is 0 Å². The molecule has 18 heavy (non-hydrogen) atoms. The van der Waals surface area contributed by atoms with E-state index in [0.29, 0.717) is 11.3 Å². The van der Waals surface area contributed by atoms with Crippen LogP contribution in [0.1, 0.15) is 22.8 Å². The van der Waals surface area contributed by atoms with Gasteiger partial charge >= 0.3 is 5.97 Å². The van der Waals surface area contributed by atoms with E-state index in [1.54, 1.807) is 25.1 Å². The van der Waals surface area contributed by atoms with Crippen molar-refractivity contribution in [1.82, 2.24) is 5.32 Å². The summed E-state index contributed by atoms with van der Waals surface area (Å²) in [6.45, 7) is 3.52. The Bertz CT molecular complexity index is 456. The number of hydrogen-bond acceptors (Lipinski definition) is 3. The summed E-state index contributed by atoms with van der Waals surface area (Å²) in [6.07, 6.45) is 0. The quantitative estimate of drug-likeness (QED) is 0.830. The zero-order valence-electron chi connectivity index (χ0n) is 10.7. The van der Waals surface area contributed by atoms with Crippen LogP contribution in [0.15, 0.2) is 18.2 Å². The molecule has 0 aromatic heterocycles. The average molecular weight is 251 g/mol. The number of carbonyl (C=O) groups is 2. The number of nitrogens with one attached hydrogen (secondary N) is 1. The van der Waals surface area contributed by atoms with E-state index in [1.165, 1.54) is 7.11 Å². The van der Waals surface area contributed by atoms with E-state index in [1.807, 2.05) is 6.92 Å². The van der Waals surface area contributed by atoms with Gasteiger partial charge < -0.3 is 15.2 Å². The monoisotopic (exact) mass is 251 g/mol. The summed E-state index contributed by atoms with van der Waals surface area (Å²) in [5.41, 5.74) is 1.39. The molecule has 1 aromatic rings. The second-order valence-electron chi connectivity index (χ2n) is 4.13. The van der Waals surface area contributed by atoms with Crippen molar-refractivity contribution in [3.63, 3.8) is 0 Å². The van der Waals surface area contributed by atoms with E-state index < -0.39 is 11.9 Å². The van der Waals surface area contributed by atoms with E-state index in [-0.39, 0.29) is 12.5 Å². The predicted molar refractivity (Wildman–Crippen MR) is 66.9 cm³/mol. The Kier molecular flexibility index (Phi) is 4.71. The van der Waals surface area contributed by atoms with Gasteiger partial charge in [-0.1, -0.05) is 13.0 Å². The second kappa shape index (κ2) is 6.05. The number of carboxylic acid groups (broad SMARTS) is 1. The Morgan fingerprint density at radius 3 is 2.67 bits per heavy atom. The highest BCUT2D eigenvalue weighted by molar-refractivity contribution is 5.94. The summed E-state index contributed by atoms with van der Waals surface area (Å²) in [6, 6.07) is 5.10. The van der Waals surface area contributed by atoms with Gasteiger partial charge in [0.15, 0.2) is 0 Å². The number of benzene rings is 1. The third kappa shape index (κ3) is 3.48. The second-order valence-corrected chi connectivity index (χ2v) is 4.13. The number of carboxylic acids is 1. The molecule has 5 nitrogen and oxygen atoms in total. The summed E-state index contributed by atoms with van der Waals surface area (Å²) in [5.74, 6) is -1.21. The van der Waals surface area contributed by atoms with Gasteiger partial charge in [0.05, 0.1) is 13.0 Å². The van der Waals surface area contributed by atoms with E-state index in [4.69, 9.17) is 9.84 Å². The third-order valence-corrected chi connectivity index (χ3v) is 2.66. The Balaban J connectivity index is 2.70. The highest BCUT2D eigenvalue weighted by atomic mass is 16.5. The first-order valence-corrected chi connectivity index (χ1v) is 5.61. The highest BCUT2D eigenvalue weighted by Crippen LogP contribution is 2.18. The molecule has 1 unspecified atom stereocenters. The molecule has 0 saturated heterocycles. The fraction of sp³-hybridized carbons (Fsp3) is 0.385. The van der Waals surface area contributed by atoms with Gasteiger partial charge in [-0.3, -0.25) is 9.59 Å². The number of aryl methyl sites for hydroxylation is 1. The van der Waals surface area contributed by atoms with E-state index in [2.05, 4.69) is 5.32 Å². The molecule has 1 aromatic carbocycles. The fourth-order valence-corrected chi connectivity index (χ4v) is 1.40. The van der Waals surface area contributed by atoms with Crippen LogP contribution in [-0.2, 0) is 4.79 Å². The Hall–Kier alpha value is -2.04. The molecular formula is C13H17NO4. The molecular weight excluding hydrogens is 234 g/mol. The standard InChI is InChI=1S/C13H17NO4/c1-8-4-5-10(6-11(8)18-3)12(15)14-7-9(2)13(16)17/h4-6,9H,7H2,1-3H3,(H,14,15)(H,16,17). The van der Waals surface area contributed by atoms with Gasteiger partial charge in [0.25, 0.3) is 5.91 Å². The van der Waals surface area contributed by atoms with Gasteiger partial charge in [-0.15, -0.1) is 0 Å². The first-order chi connectivity index (χ1) is 8.45. The van der Waals surface area contributed by atoms with Crippen molar-refractivity contribution < 1.29 is 19.4 Å². The zero-order valence-corrected chi connectivity index (χ0v) is 10.7. The van der Waals surface area contributed by atoms with Crippen LogP contribution in [0.4, 0.5) is 0 Å². The average Bonchev–Trinajstić information content (AvgIpc) is 2.35. The lowest BCUT2D eigenvalue weighted by Crippen LogP contribution is -2.31. The number of carbonyl (C=O) groups excluding carboxylic acids is 1. The Morgan fingerprint density at radius 2 is 2.11 bits per heavy atom. The molecule has 0 radical (unpaired) electrons. The topological polar surface area (TPSA) is 75.6 Å². The van der Waals surface area contributed by atoms with Crippen molar-refractivity contribution in [3.05, 3.63) is 29.3 Å². The molecule has 0 bridgehead atoms. The molecule has 0 spiro atoms. The molecule has 1 amide bonds. The molecule has 0 aliphatic carbocycles. The highest BCUT2D eigenvalue weighted by Gasteiger charge is 2.13. The molecule has 0 aliphatic heterocycles. The van der Waals surface area contributed by atoms with E-state index in [9.17, 15) is 9.59 Å². The molecule has 0 heterocycles. The van der Waals surface area contributed by atoms with Gasteiger partial charge in [0.2, 0.25) is 0 Å². The fourth-order valence-electron chi connectivity index (χ4n) is 1.40. The minimum absolute atomic E-state index is 0.102. The Morgan fingerprint density at radius 1 is 1.44 bits per heavy atom. The van der Waals surface area contributed by atoms with Crippen LogP contribution in [0, 0.1) is 12.8 Å². The summed E-state index contributed by atoms with van der Waals surface area (Å²) < 4.78 is 5.13. The summed E-state index contributed by atoms with van der Waals surface area (Å²) >= 11 is 0. The summed E-state index contributed by atoms with van der Waals surface area (Å²) in [5, 5.41) is 11.3. The zero-order chi connectivity index (χ0) is 13.7. The maximum atomic E-state index is 11.8. The van der Waals surface area contributed by atoms with Crippen LogP contribution in [0.3, 0.4) is 0 Å². The van der Waals surface area contributed by atoms with Crippen molar-refractivity contribution >= 4 is 11.9 Å². The molecule has 1 atom stereocenters. The van der Waals surface area contributed by atoms with Gasteiger partial charge in [-0.05, 0) is 24.6 Å². The smallest absolute Gasteiger partial charge is 0.308 e. The maximum Gasteiger partial charge on any atom is 0.308 e. The predicted octanol–water partition coefficient (Wildman–Crippen LogP) is 1.45. The molecule has 1 rings (SSSR count). The van der Waals surface area contributed by atoms with Crippen LogP contribution in [0.5, 0.6) is 5.75 Å². The van der Waals surface area contributed by atoms with E-state index in [0.717, 1.165) is 5.56 Å². The van der Waals surface area contributed by atoms with Crippen LogP contribution < -0.4 is 10.1 Å². The largest absolute Gasteiger partial charge is 0.496 e. The van der Waals surface area contributed by atoms with Crippen molar-refractivity contribution in [2.24, 2.45) is 5.92 Å². The van der Waals surface area contributed by atoms with Gasteiger partial charge in [-0.25, -0.2) is 0 Å². The first kappa shape index (κ1) is 14.0. The SMILES string of the molecule is COc1cc(C(=O)NCC(C)C(=O)O)ccc1C. The van der Waals surface area contributed by atoms with Gasteiger partial charge in [0.1, 0.15) is 5.75 Å². The third-order valence-electron chi connectivity index (χ3n) is 2.66. The number of ether oxygens (including phenoxy) is 1. The lowest BCUT2D eigenvalue weighted by molar-refractivity contribution is -0.140. The minimum atomic E-state index is -0.934. The molecule has 2 N–H and O–H groups in total. The van der Waals surface area contributed by atoms with Crippen LogP contribution in [-0.4, -0.2) is 30.6 Å². The number of hydrogen-bond donors (Lipinski definition) is 2. The van der Waals surface area contributed by atoms with Gasteiger partial charge in [-0.2, -0.15) is 0 Å². The number of methoxy groups -OCH3 is 1. The normalized spacial score (nSPS) is 11.7. The number of aliphatic carboxylic acids is 1. The van der Waals surface area contributed by atoms with Crippen molar-refractivity contribution in [2.45, 2.75) is 13.8 Å². The van der Waals surface area contributed by atoms with Gasteiger partial charge in [0, 0.05) is 12.1 Å². The lowest BCUT2D eigenvalue weighted by Gasteiger charge is -2.10. The van der Waals surface area contributed by atoms with Crippen LogP contribution in [0.25, 0.3) is 0 Å². The first-order valence-electron chi connectivity index (χ1n) is 5.61. The summed E-state index contributed by atoms with van der Waals surface area (Å²) in [4.78, 5) is 22.4. The van der Waals surface area contributed by atoms with Crippen molar-refractivity contribution in [2.75, 3.05) is 13.7 Å². The Labute approximate surface area is 106 Å². The van der Waals surface area contributed by atoms with Crippen molar-refractivity contribution in [1.29, 1.82) is 0 Å². The molecule has 0 saturated carbocycles. The number of rotatable bonds is 5. The van der Waals surface area contributed by atoms with Crippen molar-refractivity contribution in [3.8, 4) is 5.75 Å².